The smallest absolute Gasteiger partial charge is 0.292 e. The predicted molar refractivity (Wildman–Crippen MR) is 66.8 cm³/mol. The number of likely N-dealkylation sites (tertiary alicyclic amines) is 1. The summed E-state index contributed by atoms with van der Waals surface area (Å²) in [5.41, 5.74) is 6.25. The van der Waals surface area contributed by atoms with Gasteiger partial charge in [0, 0.05) is 13.5 Å². The highest BCUT2D eigenvalue weighted by molar-refractivity contribution is 7.80. The van der Waals surface area contributed by atoms with Crippen LogP contribution in [-0.4, -0.2) is 33.4 Å². The highest BCUT2D eigenvalue weighted by Crippen LogP contribution is 2.22. The van der Waals surface area contributed by atoms with Crippen LogP contribution >= 0.6 is 12.2 Å². The van der Waals surface area contributed by atoms with Crippen LogP contribution in [-0.2, 0) is 0 Å². The zero-order chi connectivity index (χ0) is 12.6. The van der Waals surface area contributed by atoms with Gasteiger partial charge >= 0.3 is 0 Å². The number of oxazole rings is 1. The van der Waals surface area contributed by atoms with Gasteiger partial charge in [-0.2, -0.15) is 0 Å². The molecule has 1 aromatic heterocycles. The van der Waals surface area contributed by atoms with Gasteiger partial charge in [0.1, 0.15) is 0 Å². The third-order valence-electron chi connectivity index (χ3n) is 2.94. The molecule has 0 radical (unpaired) electrons. The number of carbonyl (C=O) groups excluding carboxylic acids is 1. The Morgan fingerprint density at radius 1 is 1.59 bits per heavy atom. The number of rotatable bonds is 2. The molecule has 0 saturated carbocycles. The largest absolute Gasteiger partial charge is 0.436 e. The van der Waals surface area contributed by atoms with Crippen LogP contribution in [0.3, 0.4) is 0 Å². The molecular weight excluding hydrogens is 238 g/mol. The molecule has 0 aliphatic carbocycles. The number of carbonyl (C=O) groups is 1. The highest BCUT2D eigenvalue weighted by atomic mass is 32.1. The second kappa shape index (κ2) is 4.44. The zero-order valence-corrected chi connectivity index (χ0v) is 10.7. The van der Waals surface area contributed by atoms with Crippen molar-refractivity contribution in [1.82, 2.24) is 9.88 Å². The Balaban J connectivity index is 2.25. The average molecular weight is 253 g/mol. The van der Waals surface area contributed by atoms with Crippen molar-refractivity contribution in [2.24, 2.45) is 5.73 Å². The maximum atomic E-state index is 12.3. The second-order valence-electron chi connectivity index (χ2n) is 4.21. The molecule has 5 nitrogen and oxygen atoms in total. The van der Waals surface area contributed by atoms with E-state index in [9.17, 15) is 4.79 Å². The van der Waals surface area contributed by atoms with Crippen LogP contribution in [0, 0.1) is 13.8 Å². The summed E-state index contributed by atoms with van der Waals surface area (Å²) in [5, 5.41) is 0. The van der Waals surface area contributed by atoms with E-state index in [0.29, 0.717) is 28.9 Å². The van der Waals surface area contributed by atoms with Gasteiger partial charge in [-0.3, -0.25) is 4.79 Å². The molecule has 1 aliphatic rings. The van der Waals surface area contributed by atoms with Crippen molar-refractivity contribution in [3.8, 4) is 0 Å². The summed E-state index contributed by atoms with van der Waals surface area (Å²) in [7, 11) is 0. The predicted octanol–water partition coefficient (Wildman–Crippen LogP) is 1.18. The molecule has 2 N–H and O–H groups in total. The molecule has 92 valence electrons. The monoisotopic (exact) mass is 253 g/mol. The normalized spacial score (nSPS) is 19.6. The van der Waals surface area contributed by atoms with Crippen molar-refractivity contribution in [3.63, 3.8) is 0 Å². The first-order valence-electron chi connectivity index (χ1n) is 5.55. The Hall–Kier alpha value is -1.43. The van der Waals surface area contributed by atoms with Crippen molar-refractivity contribution >= 4 is 23.1 Å². The molecule has 17 heavy (non-hydrogen) atoms. The Kier molecular flexibility index (Phi) is 3.15. The van der Waals surface area contributed by atoms with E-state index in [-0.39, 0.29) is 11.9 Å². The number of thiocarbonyl (C=S) groups is 1. The molecule has 1 fully saturated rings. The lowest BCUT2D eigenvalue weighted by atomic mass is 10.2. The SMILES string of the molecule is Cc1nc(C)c(C(=O)N2CCCC2C(N)=S)o1. The molecule has 2 rings (SSSR count). The number of hydrogen-bond acceptors (Lipinski definition) is 4. The molecule has 6 heteroatoms. The summed E-state index contributed by atoms with van der Waals surface area (Å²) in [6.07, 6.45) is 1.74. The Morgan fingerprint density at radius 3 is 2.82 bits per heavy atom. The van der Waals surface area contributed by atoms with E-state index in [1.54, 1.807) is 18.7 Å². The molecule has 1 aliphatic heterocycles. The molecule has 0 bridgehead atoms. The maximum absolute atomic E-state index is 12.3. The first kappa shape index (κ1) is 12.0. The molecule has 0 spiro atoms. The van der Waals surface area contributed by atoms with Crippen LogP contribution in [0.1, 0.15) is 35.0 Å². The van der Waals surface area contributed by atoms with Crippen molar-refractivity contribution in [2.75, 3.05) is 6.54 Å². The third kappa shape index (κ3) is 2.17. The standard InChI is InChI=1S/C11H15N3O2S/c1-6-9(16-7(2)13-6)11(15)14-5-3-4-8(14)10(12)17/h8H,3-5H2,1-2H3,(H2,12,17). The number of nitrogens with two attached hydrogens (primary N) is 1. The molecule has 1 amide bonds. The maximum Gasteiger partial charge on any atom is 0.292 e. The Morgan fingerprint density at radius 2 is 2.29 bits per heavy atom. The zero-order valence-electron chi connectivity index (χ0n) is 9.90. The molecule has 1 saturated heterocycles. The van der Waals surface area contributed by atoms with Crippen LogP contribution in [0.25, 0.3) is 0 Å². The number of aromatic nitrogens is 1. The van der Waals surface area contributed by atoms with Gasteiger partial charge in [-0.25, -0.2) is 4.98 Å². The number of aryl methyl sites for hydroxylation is 2. The second-order valence-corrected chi connectivity index (χ2v) is 4.68. The lowest BCUT2D eigenvalue weighted by Crippen LogP contribution is -2.42. The quantitative estimate of drug-likeness (QED) is 0.801. The van der Waals surface area contributed by atoms with Gasteiger partial charge < -0.3 is 15.1 Å². The van der Waals surface area contributed by atoms with Crippen LogP contribution in [0.4, 0.5) is 0 Å². The first-order valence-corrected chi connectivity index (χ1v) is 5.96. The van der Waals surface area contributed by atoms with Crippen LogP contribution in [0.5, 0.6) is 0 Å². The van der Waals surface area contributed by atoms with Gasteiger partial charge in [0.15, 0.2) is 5.89 Å². The Labute approximate surface area is 105 Å². The molecule has 1 unspecified atom stereocenters. The van der Waals surface area contributed by atoms with Crippen LogP contribution < -0.4 is 5.73 Å². The van der Waals surface area contributed by atoms with Crippen molar-refractivity contribution in [3.05, 3.63) is 17.3 Å². The van der Waals surface area contributed by atoms with E-state index in [4.69, 9.17) is 22.4 Å². The summed E-state index contributed by atoms with van der Waals surface area (Å²) in [4.78, 5) is 18.4. The fourth-order valence-corrected chi connectivity index (χ4v) is 2.41. The molecule has 1 aromatic rings. The molecular formula is C11H15N3O2S. The van der Waals surface area contributed by atoms with E-state index < -0.39 is 0 Å². The third-order valence-corrected chi connectivity index (χ3v) is 3.21. The van der Waals surface area contributed by atoms with Crippen LogP contribution in [0.2, 0.25) is 0 Å². The molecule has 1 atom stereocenters. The van der Waals surface area contributed by atoms with Gasteiger partial charge in [0.25, 0.3) is 5.91 Å². The lowest BCUT2D eigenvalue weighted by molar-refractivity contribution is 0.0736. The molecule has 0 aromatic carbocycles. The van der Waals surface area contributed by atoms with Crippen LogP contribution in [0.15, 0.2) is 4.42 Å². The summed E-state index contributed by atoms with van der Waals surface area (Å²) in [6, 6.07) is -0.151. The minimum atomic E-state index is -0.168. The minimum Gasteiger partial charge on any atom is -0.436 e. The van der Waals surface area contributed by atoms with Gasteiger partial charge in [-0.05, 0) is 19.8 Å². The summed E-state index contributed by atoms with van der Waals surface area (Å²) >= 11 is 4.98. The van der Waals surface area contributed by atoms with E-state index in [1.165, 1.54) is 0 Å². The summed E-state index contributed by atoms with van der Waals surface area (Å²) in [6.45, 7) is 4.15. The Bertz CT molecular complexity index is 469. The minimum absolute atomic E-state index is 0.151. The molecule has 2 heterocycles. The fraction of sp³-hybridized carbons (Fsp3) is 0.545. The summed E-state index contributed by atoms with van der Waals surface area (Å²) < 4.78 is 5.33. The highest BCUT2D eigenvalue weighted by Gasteiger charge is 2.33. The summed E-state index contributed by atoms with van der Waals surface area (Å²) in [5.74, 6) is 0.626. The topological polar surface area (TPSA) is 72.4 Å². The van der Waals surface area contributed by atoms with Crippen molar-refractivity contribution in [1.29, 1.82) is 0 Å². The van der Waals surface area contributed by atoms with Gasteiger partial charge in [0.05, 0.1) is 16.7 Å². The number of nitrogens with zero attached hydrogens (tertiary/aromatic N) is 2. The fourth-order valence-electron chi connectivity index (χ4n) is 2.17. The lowest BCUT2D eigenvalue weighted by Gasteiger charge is -2.22. The van der Waals surface area contributed by atoms with Gasteiger partial charge in [0.2, 0.25) is 5.76 Å². The van der Waals surface area contributed by atoms with Crippen molar-refractivity contribution in [2.45, 2.75) is 32.7 Å². The first-order chi connectivity index (χ1) is 8.00. The van der Waals surface area contributed by atoms with Crippen molar-refractivity contribution < 1.29 is 9.21 Å². The van der Waals surface area contributed by atoms with Gasteiger partial charge in [-0.15, -0.1) is 0 Å². The number of hydrogen-bond donors (Lipinski definition) is 1. The number of amides is 1. The van der Waals surface area contributed by atoms with E-state index in [0.717, 1.165) is 12.8 Å². The van der Waals surface area contributed by atoms with Gasteiger partial charge in [-0.1, -0.05) is 12.2 Å². The van der Waals surface area contributed by atoms with E-state index in [2.05, 4.69) is 4.98 Å². The average Bonchev–Trinajstić information content (AvgIpc) is 2.83. The van der Waals surface area contributed by atoms with E-state index in [1.807, 2.05) is 0 Å². The van der Waals surface area contributed by atoms with E-state index >= 15 is 0 Å².